The number of rotatable bonds is 3. The minimum atomic E-state index is 0.110. The molecule has 0 amide bonds. The number of nitrogen functional groups attached to an aromatic ring is 1. The van der Waals surface area contributed by atoms with Gasteiger partial charge in [0.25, 0.3) is 0 Å². The summed E-state index contributed by atoms with van der Waals surface area (Å²) in [5, 5.41) is 7.62. The fraction of sp³-hybridized carbons (Fsp3) is 0.538. The molecule has 0 aromatic carbocycles. The van der Waals surface area contributed by atoms with Crippen molar-refractivity contribution in [2.45, 2.75) is 19.9 Å². The van der Waals surface area contributed by atoms with E-state index < -0.39 is 0 Å². The monoisotopic (exact) mass is 247 g/mol. The molecule has 1 fully saturated rings. The minimum absolute atomic E-state index is 0.110. The van der Waals surface area contributed by atoms with Gasteiger partial charge >= 0.3 is 0 Å². The van der Waals surface area contributed by atoms with Crippen molar-refractivity contribution in [2.75, 3.05) is 31.1 Å². The largest absolute Gasteiger partial charge is 0.384 e. The van der Waals surface area contributed by atoms with E-state index in [2.05, 4.69) is 28.6 Å². The quantitative estimate of drug-likeness (QED) is 0.615. The molecule has 5 heteroatoms. The molecule has 98 valence electrons. The van der Waals surface area contributed by atoms with Crippen LogP contribution in [0.25, 0.3) is 0 Å². The number of aromatic nitrogens is 1. The molecule has 18 heavy (non-hydrogen) atoms. The lowest BCUT2D eigenvalue weighted by Crippen LogP contribution is -2.49. The Bertz CT molecular complexity index is 421. The summed E-state index contributed by atoms with van der Waals surface area (Å²) in [6.07, 6.45) is 3.49. The molecule has 3 N–H and O–H groups in total. The predicted octanol–water partition coefficient (Wildman–Crippen LogP) is 0.896. The zero-order valence-electron chi connectivity index (χ0n) is 11.1. The van der Waals surface area contributed by atoms with Crippen LogP contribution >= 0.6 is 0 Å². The van der Waals surface area contributed by atoms with Gasteiger partial charge in [-0.25, -0.2) is 0 Å². The summed E-state index contributed by atoms with van der Waals surface area (Å²) in [6, 6.07) is 2.40. The molecular weight excluding hydrogens is 226 g/mol. The number of amidine groups is 1. The smallest absolute Gasteiger partial charge is 0.125 e. The summed E-state index contributed by atoms with van der Waals surface area (Å²) in [4.78, 5) is 8.87. The summed E-state index contributed by atoms with van der Waals surface area (Å²) < 4.78 is 0. The number of nitrogens with zero attached hydrogens (tertiary/aromatic N) is 3. The lowest BCUT2D eigenvalue weighted by molar-refractivity contribution is 0.209. The first-order chi connectivity index (χ1) is 8.59. The molecule has 0 radical (unpaired) electrons. The Morgan fingerprint density at radius 1 is 1.33 bits per heavy atom. The van der Waals surface area contributed by atoms with E-state index in [1.54, 1.807) is 6.20 Å². The number of pyridine rings is 1. The van der Waals surface area contributed by atoms with Gasteiger partial charge in [0.05, 0.1) is 11.9 Å². The summed E-state index contributed by atoms with van der Waals surface area (Å²) in [7, 11) is 0. The average molecular weight is 247 g/mol. The molecule has 1 aliphatic rings. The SMILES string of the molecule is CC(C)N1CCN(c2cnccc2C(=N)N)CC1. The van der Waals surface area contributed by atoms with Crippen molar-refractivity contribution in [2.24, 2.45) is 5.73 Å². The van der Waals surface area contributed by atoms with E-state index in [9.17, 15) is 0 Å². The van der Waals surface area contributed by atoms with Crippen LogP contribution in [0.4, 0.5) is 5.69 Å². The van der Waals surface area contributed by atoms with Crippen molar-refractivity contribution < 1.29 is 0 Å². The standard InChI is InChI=1S/C13H21N5/c1-10(2)17-5-7-18(8-6-17)12-9-16-4-3-11(12)13(14)15/h3-4,9-10H,5-8H2,1-2H3,(H3,14,15). The maximum Gasteiger partial charge on any atom is 0.125 e. The third kappa shape index (κ3) is 2.61. The summed E-state index contributed by atoms with van der Waals surface area (Å²) in [6.45, 7) is 8.46. The van der Waals surface area contributed by atoms with E-state index in [0.29, 0.717) is 6.04 Å². The zero-order chi connectivity index (χ0) is 13.1. The molecule has 1 saturated heterocycles. The second-order valence-corrected chi connectivity index (χ2v) is 4.92. The summed E-state index contributed by atoms with van der Waals surface area (Å²) in [5.41, 5.74) is 7.38. The van der Waals surface area contributed by atoms with Gasteiger partial charge in [0, 0.05) is 44.0 Å². The molecule has 2 rings (SSSR count). The number of nitrogens with one attached hydrogen (secondary N) is 1. The van der Waals surface area contributed by atoms with Crippen molar-refractivity contribution in [3.63, 3.8) is 0 Å². The minimum Gasteiger partial charge on any atom is -0.384 e. The lowest BCUT2D eigenvalue weighted by Gasteiger charge is -2.38. The molecule has 0 bridgehead atoms. The molecule has 0 spiro atoms. The van der Waals surface area contributed by atoms with Gasteiger partial charge < -0.3 is 10.6 Å². The first kappa shape index (κ1) is 12.8. The number of hydrogen-bond acceptors (Lipinski definition) is 4. The van der Waals surface area contributed by atoms with E-state index in [1.165, 1.54) is 0 Å². The van der Waals surface area contributed by atoms with Crippen molar-refractivity contribution in [1.29, 1.82) is 5.41 Å². The number of nitrogens with two attached hydrogens (primary N) is 1. The maximum absolute atomic E-state index is 7.62. The van der Waals surface area contributed by atoms with E-state index in [4.69, 9.17) is 11.1 Å². The molecule has 2 heterocycles. The van der Waals surface area contributed by atoms with Crippen LogP contribution < -0.4 is 10.6 Å². The van der Waals surface area contributed by atoms with Gasteiger partial charge in [-0.2, -0.15) is 0 Å². The van der Waals surface area contributed by atoms with Crippen LogP contribution in [0, 0.1) is 5.41 Å². The predicted molar refractivity (Wildman–Crippen MR) is 74.2 cm³/mol. The van der Waals surface area contributed by atoms with Gasteiger partial charge in [0.1, 0.15) is 5.84 Å². The first-order valence-corrected chi connectivity index (χ1v) is 6.37. The van der Waals surface area contributed by atoms with Crippen molar-refractivity contribution >= 4 is 11.5 Å². The molecule has 1 aromatic heterocycles. The highest BCUT2D eigenvalue weighted by molar-refractivity contribution is 6.00. The normalized spacial score (nSPS) is 17.2. The van der Waals surface area contributed by atoms with Crippen LogP contribution in [0.2, 0.25) is 0 Å². The molecule has 0 saturated carbocycles. The Morgan fingerprint density at radius 3 is 2.56 bits per heavy atom. The van der Waals surface area contributed by atoms with Gasteiger partial charge in [0.2, 0.25) is 0 Å². The average Bonchev–Trinajstić information content (AvgIpc) is 2.39. The molecule has 0 aliphatic carbocycles. The maximum atomic E-state index is 7.62. The third-order valence-electron chi connectivity index (χ3n) is 3.48. The molecule has 0 unspecified atom stereocenters. The number of anilines is 1. The van der Waals surface area contributed by atoms with Crippen LogP contribution in [-0.2, 0) is 0 Å². The molecule has 0 atom stereocenters. The van der Waals surface area contributed by atoms with Crippen LogP contribution in [0.5, 0.6) is 0 Å². The molecule has 1 aromatic rings. The second kappa shape index (κ2) is 5.35. The van der Waals surface area contributed by atoms with Crippen LogP contribution in [0.1, 0.15) is 19.4 Å². The second-order valence-electron chi connectivity index (χ2n) is 4.92. The Labute approximate surface area is 108 Å². The van der Waals surface area contributed by atoms with Gasteiger partial charge in [-0.1, -0.05) is 0 Å². The van der Waals surface area contributed by atoms with Crippen LogP contribution in [0.3, 0.4) is 0 Å². The number of hydrogen-bond donors (Lipinski definition) is 2. The topological polar surface area (TPSA) is 69.2 Å². The zero-order valence-corrected chi connectivity index (χ0v) is 11.1. The van der Waals surface area contributed by atoms with Crippen molar-refractivity contribution in [3.05, 3.63) is 24.0 Å². The van der Waals surface area contributed by atoms with Gasteiger partial charge in [-0.3, -0.25) is 15.3 Å². The first-order valence-electron chi connectivity index (χ1n) is 6.37. The van der Waals surface area contributed by atoms with Crippen molar-refractivity contribution in [3.8, 4) is 0 Å². The van der Waals surface area contributed by atoms with Crippen LogP contribution in [0.15, 0.2) is 18.5 Å². The van der Waals surface area contributed by atoms with Crippen molar-refractivity contribution in [1.82, 2.24) is 9.88 Å². The number of piperazine rings is 1. The Kier molecular flexibility index (Phi) is 3.81. The fourth-order valence-corrected chi connectivity index (χ4v) is 2.35. The van der Waals surface area contributed by atoms with E-state index in [1.807, 2.05) is 12.3 Å². The van der Waals surface area contributed by atoms with E-state index in [0.717, 1.165) is 37.4 Å². The van der Waals surface area contributed by atoms with Crippen LogP contribution in [-0.4, -0.2) is 47.9 Å². The van der Waals surface area contributed by atoms with Gasteiger partial charge in [0.15, 0.2) is 0 Å². The summed E-state index contributed by atoms with van der Waals surface area (Å²) >= 11 is 0. The van der Waals surface area contributed by atoms with E-state index >= 15 is 0 Å². The Morgan fingerprint density at radius 2 is 2.00 bits per heavy atom. The fourth-order valence-electron chi connectivity index (χ4n) is 2.35. The molecular formula is C13H21N5. The Balaban J connectivity index is 2.12. The Hall–Kier alpha value is -1.62. The third-order valence-corrected chi connectivity index (χ3v) is 3.48. The van der Waals surface area contributed by atoms with E-state index in [-0.39, 0.29) is 5.84 Å². The lowest BCUT2D eigenvalue weighted by atomic mass is 10.1. The summed E-state index contributed by atoms with van der Waals surface area (Å²) in [5.74, 6) is 0.110. The highest BCUT2D eigenvalue weighted by atomic mass is 15.3. The highest BCUT2D eigenvalue weighted by Gasteiger charge is 2.21. The van der Waals surface area contributed by atoms with Gasteiger partial charge in [-0.15, -0.1) is 0 Å². The molecule has 5 nitrogen and oxygen atoms in total. The van der Waals surface area contributed by atoms with Gasteiger partial charge in [-0.05, 0) is 19.9 Å². The highest BCUT2D eigenvalue weighted by Crippen LogP contribution is 2.20. The molecule has 1 aliphatic heterocycles.